The largest absolute Gasteiger partial charge is 0.383 e. The van der Waals surface area contributed by atoms with Gasteiger partial charge in [0, 0.05) is 19.3 Å². The topological polar surface area (TPSA) is 38.0 Å². The van der Waals surface area contributed by atoms with Crippen molar-refractivity contribution in [2.75, 3.05) is 13.7 Å². The van der Waals surface area contributed by atoms with Crippen molar-refractivity contribution in [2.45, 2.75) is 13.5 Å². The number of nitriles is 1. The first-order valence-electron chi connectivity index (χ1n) is 6.03. The van der Waals surface area contributed by atoms with E-state index in [1.54, 1.807) is 7.11 Å². The summed E-state index contributed by atoms with van der Waals surface area (Å²) in [4.78, 5) is 0. The van der Waals surface area contributed by atoms with Gasteiger partial charge >= 0.3 is 0 Å². The van der Waals surface area contributed by atoms with Crippen molar-refractivity contribution in [1.82, 2.24) is 4.57 Å². The molecule has 0 aliphatic heterocycles. The number of aromatic nitrogens is 1. The van der Waals surface area contributed by atoms with Gasteiger partial charge in [0.2, 0.25) is 0 Å². The van der Waals surface area contributed by atoms with Gasteiger partial charge in [-0.1, -0.05) is 41.9 Å². The molecule has 0 saturated heterocycles. The molecule has 2 rings (SSSR count). The van der Waals surface area contributed by atoms with Crippen LogP contribution < -0.4 is 0 Å². The minimum absolute atomic E-state index is 0.516. The molecule has 2 aromatic rings. The van der Waals surface area contributed by atoms with E-state index < -0.39 is 0 Å². The molecular weight excluding hydrogens is 260 g/mol. The first-order chi connectivity index (χ1) is 9.20. The number of rotatable bonds is 4. The van der Waals surface area contributed by atoms with Crippen molar-refractivity contribution in [1.29, 1.82) is 5.26 Å². The molecule has 0 saturated carbocycles. The lowest BCUT2D eigenvalue weighted by molar-refractivity contribution is 0.187. The van der Waals surface area contributed by atoms with Crippen molar-refractivity contribution >= 4 is 11.6 Å². The van der Waals surface area contributed by atoms with Crippen LogP contribution in [0.3, 0.4) is 0 Å². The summed E-state index contributed by atoms with van der Waals surface area (Å²) in [7, 11) is 1.66. The van der Waals surface area contributed by atoms with Crippen LogP contribution in [0, 0.1) is 18.3 Å². The third-order valence-corrected chi connectivity index (χ3v) is 3.51. The number of hydrogen-bond acceptors (Lipinski definition) is 2. The van der Waals surface area contributed by atoms with E-state index in [1.165, 1.54) is 0 Å². The molecule has 0 fully saturated rings. The minimum Gasteiger partial charge on any atom is -0.383 e. The SMILES string of the molecule is COCCn1c(C)c(C#N)c(Cl)c1-c1ccccc1. The second kappa shape index (κ2) is 5.92. The van der Waals surface area contributed by atoms with Crippen LogP contribution in [0.1, 0.15) is 11.3 Å². The van der Waals surface area contributed by atoms with Crippen LogP contribution in [-0.4, -0.2) is 18.3 Å². The standard InChI is InChI=1S/C15H15ClN2O/c1-11-13(10-17)14(16)15(18(11)8-9-19-2)12-6-4-3-5-7-12/h3-7H,8-9H2,1-2H3. The molecule has 0 spiro atoms. The molecule has 3 nitrogen and oxygen atoms in total. The highest BCUT2D eigenvalue weighted by molar-refractivity contribution is 6.34. The predicted octanol–water partition coefficient (Wildman–Crippen LogP) is 3.64. The average Bonchev–Trinajstić information content (AvgIpc) is 2.68. The number of benzene rings is 1. The lowest BCUT2D eigenvalue weighted by Gasteiger charge is -2.11. The summed E-state index contributed by atoms with van der Waals surface area (Å²) < 4.78 is 7.17. The van der Waals surface area contributed by atoms with Gasteiger partial charge in [0.15, 0.2) is 0 Å². The van der Waals surface area contributed by atoms with E-state index in [-0.39, 0.29) is 0 Å². The Labute approximate surface area is 118 Å². The molecule has 0 atom stereocenters. The highest BCUT2D eigenvalue weighted by Gasteiger charge is 2.19. The summed E-state index contributed by atoms with van der Waals surface area (Å²) in [5, 5.41) is 9.75. The Morgan fingerprint density at radius 2 is 2.00 bits per heavy atom. The maximum absolute atomic E-state index is 9.23. The summed E-state index contributed by atoms with van der Waals surface area (Å²) in [5.74, 6) is 0. The molecule has 1 aromatic carbocycles. The maximum atomic E-state index is 9.23. The van der Waals surface area contributed by atoms with Crippen LogP contribution >= 0.6 is 11.6 Å². The molecule has 0 amide bonds. The highest BCUT2D eigenvalue weighted by Crippen LogP contribution is 2.35. The Hall–Kier alpha value is -1.76. The second-order valence-electron chi connectivity index (χ2n) is 4.25. The lowest BCUT2D eigenvalue weighted by atomic mass is 10.1. The zero-order chi connectivity index (χ0) is 13.8. The summed E-state index contributed by atoms with van der Waals surface area (Å²) in [6.45, 7) is 3.16. The molecule has 1 aromatic heterocycles. The molecule has 0 bridgehead atoms. The van der Waals surface area contributed by atoms with E-state index in [1.807, 2.05) is 41.8 Å². The van der Waals surface area contributed by atoms with E-state index in [4.69, 9.17) is 16.3 Å². The molecule has 1 heterocycles. The smallest absolute Gasteiger partial charge is 0.103 e. The fourth-order valence-electron chi connectivity index (χ4n) is 2.17. The van der Waals surface area contributed by atoms with Gasteiger partial charge in [0.1, 0.15) is 6.07 Å². The van der Waals surface area contributed by atoms with Gasteiger partial charge in [-0.25, -0.2) is 0 Å². The van der Waals surface area contributed by atoms with Crippen molar-refractivity contribution in [3.05, 3.63) is 46.6 Å². The van der Waals surface area contributed by atoms with Gasteiger partial charge in [0.25, 0.3) is 0 Å². The molecule has 98 valence electrons. The fourth-order valence-corrected chi connectivity index (χ4v) is 2.56. The molecule has 4 heteroatoms. The molecule has 0 aliphatic carbocycles. The van der Waals surface area contributed by atoms with Gasteiger partial charge < -0.3 is 9.30 Å². The van der Waals surface area contributed by atoms with Crippen LogP contribution in [-0.2, 0) is 11.3 Å². The van der Waals surface area contributed by atoms with Crippen molar-refractivity contribution < 1.29 is 4.74 Å². The third-order valence-electron chi connectivity index (χ3n) is 3.14. The average molecular weight is 275 g/mol. The minimum atomic E-state index is 0.516. The molecule has 0 N–H and O–H groups in total. The zero-order valence-electron chi connectivity index (χ0n) is 11.0. The van der Waals surface area contributed by atoms with Crippen molar-refractivity contribution in [3.8, 4) is 17.3 Å². The second-order valence-corrected chi connectivity index (χ2v) is 4.62. The monoisotopic (exact) mass is 274 g/mol. The van der Waals surface area contributed by atoms with Crippen LogP contribution in [0.15, 0.2) is 30.3 Å². The number of hydrogen-bond donors (Lipinski definition) is 0. The van der Waals surface area contributed by atoms with E-state index in [0.717, 1.165) is 17.0 Å². The van der Waals surface area contributed by atoms with E-state index in [0.29, 0.717) is 23.7 Å². The molecule has 0 unspecified atom stereocenters. The summed E-state index contributed by atoms with van der Waals surface area (Å²) in [6, 6.07) is 12.0. The van der Waals surface area contributed by atoms with Gasteiger partial charge in [-0.3, -0.25) is 0 Å². The highest BCUT2D eigenvalue weighted by atomic mass is 35.5. The van der Waals surface area contributed by atoms with Gasteiger partial charge in [-0.15, -0.1) is 0 Å². The fraction of sp³-hybridized carbons (Fsp3) is 0.267. The quantitative estimate of drug-likeness (QED) is 0.854. The number of ether oxygens (including phenoxy) is 1. The van der Waals surface area contributed by atoms with E-state index >= 15 is 0 Å². The molecule has 19 heavy (non-hydrogen) atoms. The third kappa shape index (κ3) is 2.51. The first-order valence-corrected chi connectivity index (χ1v) is 6.41. The first kappa shape index (κ1) is 13.7. The molecular formula is C15H15ClN2O. The Balaban J connectivity index is 2.61. The lowest BCUT2D eigenvalue weighted by Crippen LogP contribution is -2.07. The van der Waals surface area contributed by atoms with Gasteiger partial charge in [-0.05, 0) is 12.5 Å². The van der Waals surface area contributed by atoms with E-state index in [9.17, 15) is 5.26 Å². The van der Waals surface area contributed by atoms with Gasteiger partial charge in [-0.2, -0.15) is 5.26 Å². The summed E-state index contributed by atoms with van der Waals surface area (Å²) >= 11 is 6.36. The summed E-state index contributed by atoms with van der Waals surface area (Å²) in [6.07, 6.45) is 0. The number of methoxy groups -OCH3 is 1. The predicted molar refractivity (Wildman–Crippen MR) is 76.2 cm³/mol. The molecule has 0 aliphatic rings. The number of nitrogens with zero attached hydrogens (tertiary/aromatic N) is 2. The van der Waals surface area contributed by atoms with Gasteiger partial charge in [0.05, 0.1) is 22.9 Å². The Morgan fingerprint density at radius 1 is 1.32 bits per heavy atom. The van der Waals surface area contributed by atoms with E-state index in [2.05, 4.69) is 6.07 Å². The molecule has 0 radical (unpaired) electrons. The Morgan fingerprint density at radius 3 is 2.58 bits per heavy atom. The van der Waals surface area contributed by atoms with Crippen LogP contribution in [0.25, 0.3) is 11.3 Å². The van der Waals surface area contributed by atoms with Crippen LogP contribution in [0.4, 0.5) is 0 Å². The number of halogens is 1. The maximum Gasteiger partial charge on any atom is 0.103 e. The van der Waals surface area contributed by atoms with Crippen molar-refractivity contribution in [2.24, 2.45) is 0 Å². The Kier molecular flexibility index (Phi) is 4.26. The van der Waals surface area contributed by atoms with Crippen LogP contribution in [0.2, 0.25) is 5.02 Å². The zero-order valence-corrected chi connectivity index (χ0v) is 11.7. The summed E-state index contributed by atoms with van der Waals surface area (Å²) in [5.41, 5.74) is 3.31. The normalized spacial score (nSPS) is 10.4. The van der Waals surface area contributed by atoms with Crippen molar-refractivity contribution in [3.63, 3.8) is 0 Å². The van der Waals surface area contributed by atoms with Crippen LogP contribution in [0.5, 0.6) is 0 Å². The Bertz CT molecular complexity index is 611.